The van der Waals surface area contributed by atoms with Crippen LogP contribution in [-0.2, 0) is 14.8 Å². The second-order valence-corrected chi connectivity index (χ2v) is 6.99. The number of rotatable bonds is 3. The van der Waals surface area contributed by atoms with Gasteiger partial charge in [-0.25, -0.2) is 8.78 Å². The minimum atomic E-state index is -3.79. The van der Waals surface area contributed by atoms with Crippen LogP contribution >= 0.6 is 0 Å². The summed E-state index contributed by atoms with van der Waals surface area (Å²) in [5, 5.41) is 2.31. The molecule has 1 amide bonds. The van der Waals surface area contributed by atoms with Crippen LogP contribution in [0.25, 0.3) is 0 Å². The van der Waals surface area contributed by atoms with E-state index < -0.39 is 27.6 Å². The van der Waals surface area contributed by atoms with Crippen LogP contribution in [0.1, 0.15) is 5.56 Å². The average molecular weight is 365 g/mol. The molecule has 2 aromatic carbocycles. The number of nitrogens with zero attached hydrogens (tertiary/aromatic N) is 2. The molecular weight excluding hydrogens is 352 g/mol. The number of hydrogen-bond acceptors (Lipinski definition) is 4. The van der Waals surface area contributed by atoms with E-state index in [9.17, 15) is 22.0 Å². The molecule has 0 spiro atoms. The summed E-state index contributed by atoms with van der Waals surface area (Å²) in [6, 6.07) is 9.05. The Labute approximate surface area is 142 Å². The monoisotopic (exact) mass is 365 g/mol. The van der Waals surface area contributed by atoms with Gasteiger partial charge in [-0.2, -0.15) is 8.42 Å². The van der Waals surface area contributed by atoms with Crippen LogP contribution in [0.3, 0.4) is 0 Å². The van der Waals surface area contributed by atoms with Crippen molar-refractivity contribution in [2.75, 3.05) is 18.9 Å². The molecular formula is C16H13F2N3O3S. The molecule has 0 aromatic heterocycles. The number of sulfonamides is 1. The van der Waals surface area contributed by atoms with Crippen LogP contribution in [0.2, 0.25) is 0 Å². The van der Waals surface area contributed by atoms with E-state index in [-0.39, 0.29) is 23.0 Å². The molecule has 0 unspecified atom stereocenters. The number of likely N-dealkylation sites (N-methyl/N-ethyl adjacent to an activating group) is 1. The molecule has 1 N–H and O–H groups in total. The van der Waals surface area contributed by atoms with Gasteiger partial charge in [0.25, 0.3) is 10.0 Å². The van der Waals surface area contributed by atoms with Crippen molar-refractivity contribution < 1.29 is 22.0 Å². The maximum atomic E-state index is 13.6. The molecule has 1 aliphatic rings. The van der Waals surface area contributed by atoms with Crippen molar-refractivity contribution in [1.29, 1.82) is 0 Å². The largest absolute Gasteiger partial charge is 0.349 e. The van der Waals surface area contributed by atoms with E-state index >= 15 is 0 Å². The fourth-order valence-electron chi connectivity index (χ4n) is 2.43. The van der Waals surface area contributed by atoms with Crippen LogP contribution in [0, 0.1) is 11.6 Å². The van der Waals surface area contributed by atoms with E-state index in [1.165, 1.54) is 18.0 Å². The topological polar surface area (TPSA) is 78.8 Å². The SMILES string of the molecule is CN(CC(=O)Nc1ccc(F)cc1F)C1=NS(=O)(=O)c2ccccc21. The molecule has 1 aliphatic heterocycles. The molecule has 0 saturated carbocycles. The summed E-state index contributed by atoms with van der Waals surface area (Å²) in [6.45, 7) is -0.264. The van der Waals surface area contributed by atoms with Gasteiger partial charge in [0.15, 0.2) is 5.84 Å². The minimum Gasteiger partial charge on any atom is -0.349 e. The van der Waals surface area contributed by atoms with E-state index in [0.29, 0.717) is 11.6 Å². The van der Waals surface area contributed by atoms with Gasteiger partial charge in [0.2, 0.25) is 5.91 Å². The Morgan fingerprint density at radius 2 is 1.92 bits per heavy atom. The summed E-state index contributed by atoms with van der Waals surface area (Å²) < 4.78 is 54.2. The smallest absolute Gasteiger partial charge is 0.285 e. The summed E-state index contributed by atoms with van der Waals surface area (Å²) in [6.07, 6.45) is 0. The highest BCUT2D eigenvalue weighted by atomic mass is 32.2. The Bertz CT molecular complexity index is 990. The fourth-order valence-corrected chi connectivity index (χ4v) is 3.69. The molecule has 130 valence electrons. The van der Waals surface area contributed by atoms with Gasteiger partial charge in [0.1, 0.15) is 16.5 Å². The number of benzene rings is 2. The predicted molar refractivity (Wildman–Crippen MR) is 87.8 cm³/mol. The van der Waals surface area contributed by atoms with E-state index in [1.807, 2.05) is 0 Å². The highest BCUT2D eigenvalue weighted by Crippen LogP contribution is 2.26. The van der Waals surface area contributed by atoms with Gasteiger partial charge in [-0.1, -0.05) is 12.1 Å². The van der Waals surface area contributed by atoms with Crippen LogP contribution in [0.15, 0.2) is 51.8 Å². The lowest BCUT2D eigenvalue weighted by atomic mass is 10.2. The first kappa shape index (κ1) is 17.0. The Hall–Kier alpha value is -2.81. The van der Waals surface area contributed by atoms with Crippen molar-refractivity contribution in [3.8, 4) is 0 Å². The lowest BCUT2D eigenvalue weighted by Gasteiger charge is -2.18. The number of nitrogens with one attached hydrogen (secondary N) is 1. The summed E-state index contributed by atoms with van der Waals surface area (Å²) in [5.41, 5.74) is 0.229. The maximum Gasteiger partial charge on any atom is 0.285 e. The lowest BCUT2D eigenvalue weighted by molar-refractivity contribution is -0.116. The zero-order chi connectivity index (χ0) is 18.2. The quantitative estimate of drug-likeness (QED) is 0.902. The normalized spacial score (nSPS) is 14.6. The molecule has 6 nitrogen and oxygen atoms in total. The number of carbonyl (C=O) groups is 1. The molecule has 3 rings (SSSR count). The molecule has 0 radical (unpaired) electrons. The molecule has 1 heterocycles. The molecule has 0 atom stereocenters. The number of fused-ring (bicyclic) bond motifs is 1. The Morgan fingerprint density at radius 1 is 1.20 bits per heavy atom. The lowest BCUT2D eigenvalue weighted by Crippen LogP contribution is -2.35. The fraction of sp³-hybridized carbons (Fsp3) is 0.125. The van der Waals surface area contributed by atoms with Gasteiger partial charge in [-0.3, -0.25) is 4.79 Å². The third-order valence-electron chi connectivity index (χ3n) is 3.56. The van der Waals surface area contributed by atoms with Gasteiger partial charge >= 0.3 is 0 Å². The van der Waals surface area contributed by atoms with E-state index in [4.69, 9.17) is 0 Å². The van der Waals surface area contributed by atoms with Crippen LogP contribution < -0.4 is 5.32 Å². The molecule has 0 bridgehead atoms. The summed E-state index contributed by atoms with van der Waals surface area (Å²) >= 11 is 0. The zero-order valence-electron chi connectivity index (χ0n) is 13.0. The first-order valence-corrected chi connectivity index (χ1v) is 8.62. The van der Waals surface area contributed by atoms with Crippen molar-refractivity contribution in [2.45, 2.75) is 4.90 Å². The highest BCUT2D eigenvalue weighted by molar-refractivity contribution is 7.90. The number of anilines is 1. The van der Waals surface area contributed by atoms with Gasteiger partial charge in [0, 0.05) is 18.7 Å². The van der Waals surface area contributed by atoms with Gasteiger partial charge in [-0.15, -0.1) is 4.40 Å². The van der Waals surface area contributed by atoms with E-state index in [0.717, 1.165) is 12.1 Å². The number of amides is 1. The molecule has 9 heteroatoms. The number of carbonyl (C=O) groups excluding carboxylic acids is 1. The summed E-state index contributed by atoms with van der Waals surface area (Å²) in [7, 11) is -2.30. The van der Waals surface area contributed by atoms with Crippen molar-refractivity contribution in [1.82, 2.24) is 4.90 Å². The van der Waals surface area contributed by atoms with Crippen molar-refractivity contribution in [3.63, 3.8) is 0 Å². The second-order valence-electron chi connectivity index (χ2n) is 5.41. The minimum absolute atomic E-state index is 0.0711. The average Bonchev–Trinajstić information content (AvgIpc) is 2.82. The number of halogens is 2. The first-order chi connectivity index (χ1) is 11.8. The number of amidine groups is 1. The first-order valence-electron chi connectivity index (χ1n) is 7.18. The molecule has 2 aromatic rings. The maximum absolute atomic E-state index is 13.6. The van der Waals surface area contributed by atoms with Gasteiger partial charge < -0.3 is 10.2 Å². The van der Waals surface area contributed by atoms with Crippen LogP contribution in [0.5, 0.6) is 0 Å². The van der Waals surface area contributed by atoms with E-state index in [1.54, 1.807) is 18.2 Å². The number of hydrogen-bond donors (Lipinski definition) is 1. The third-order valence-corrected chi connectivity index (χ3v) is 4.89. The summed E-state index contributed by atoms with van der Waals surface area (Å²) in [4.78, 5) is 13.5. The Balaban J connectivity index is 1.77. The van der Waals surface area contributed by atoms with E-state index in [2.05, 4.69) is 9.71 Å². The second kappa shape index (κ2) is 6.25. The van der Waals surface area contributed by atoms with Crippen molar-refractivity contribution in [2.24, 2.45) is 4.40 Å². The molecule has 25 heavy (non-hydrogen) atoms. The molecule has 0 fully saturated rings. The highest BCUT2D eigenvalue weighted by Gasteiger charge is 2.30. The Kier molecular flexibility index (Phi) is 4.25. The van der Waals surface area contributed by atoms with Crippen LogP contribution in [-0.4, -0.2) is 38.7 Å². The third kappa shape index (κ3) is 3.36. The standard InChI is InChI=1S/C16H13F2N3O3S/c1-21(9-15(22)19-13-7-6-10(17)8-12(13)18)16-11-4-2-3-5-14(11)25(23,24)20-16/h2-8H,9H2,1H3,(H,19,22). The van der Waals surface area contributed by atoms with Crippen molar-refractivity contribution in [3.05, 3.63) is 59.7 Å². The summed E-state index contributed by atoms with van der Waals surface area (Å²) in [5.74, 6) is -2.13. The van der Waals surface area contributed by atoms with Gasteiger partial charge in [-0.05, 0) is 24.3 Å². The molecule has 0 saturated heterocycles. The van der Waals surface area contributed by atoms with Crippen molar-refractivity contribution >= 4 is 27.5 Å². The van der Waals surface area contributed by atoms with Crippen LogP contribution in [0.4, 0.5) is 14.5 Å². The molecule has 0 aliphatic carbocycles. The van der Waals surface area contributed by atoms with Gasteiger partial charge in [0.05, 0.1) is 12.2 Å². The predicted octanol–water partition coefficient (Wildman–Crippen LogP) is 1.98. The zero-order valence-corrected chi connectivity index (χ0v) is 13.8. The Morgan fingerprint density at radius 3 is 2.64 bits per heavy atom.